The van der Waals surface area contributed by atoms with Gasteiger partial charge in [-0.3, -0.25) is 0 Å². The molecule has 23 heavy (non-hydrogen) atoms. The molecular weight excluding hydrogens is 276 g/mol. The Kier molecular flexibility index (Phi) is 3.75. The van der Waals surface area contributed by atoms with E-state index in [0.717, 1.165) is 0 Å². The zero-order chi connectivity index (χ0) is 15.6. The Morgan fingerprint density at radius 1 is 0.565 bits per heavy atom. The predicted octanol–water partition coefficient (Wildman–Crippen LogP) is 6.88. The van der Waals surface area contributed by atoms with Crippen molar-refractivity contribution in [3.63, 3.8) is 0 Å². The lowest BCUT2D eigenvalue weighted by Gasteiger charge is -2.14. The first-order chi connectivity index (χ1) is 11.4. The average Bonchev–Trinajstić information content (AvgIpc) is 2.62. The van der Waals surface area contributed by atoms with Crippen LogP contribution in [0.25, 0.3) is 32.3 Å². The molecule has 0 bridgehead atoms. The van der Waals surface area contributed by atoms with Crippen LogP contribution in [0.4, 0.5) is 0 Å². The second-order valence-electron chi connectivity index (χ2n) is 6.39. The molecule has 0 aliphatic carbocycles. The minimum absolute atomic E-state index is 1.17. The number of rotatable bonds is 4. The molecule has 0 heteroatoms. The zero-order valence-electron chi connectivity index (χ0n) is 13.7. The van der Waals surface area contributed by atoms with Gasteiger partial charge < -0.3 is 0 Å². The van der Waals surface area contributed by atoms with Gasteiger partial charge in [0.1, 0.15) is 0 Å². The molecule has 0 atom stereocenters. The van der Waals surface area contributed by atoms with Gasteiger partial charge in [-0.25, -0.2) is 0 Å². The fourth-order valence-corrected chi connectivity index (χ4v) is 3.81. The third kappa shape index (κ3) is 2.39. The van der Waals surface area contributed by atoms with E-state index in [-0.39, 0.29) is 0 Å². The van der Waals surface area contributed by atoms with Crippen molar-refractivity contribution in [1.29, 1.82) is 0 Å². The monoisotopic (exact) mass is 298 g/mol. The molecule has 4 rings (SSSR count). The zero-order valence-corrected chi connectivity index (χ0v) is 13.7. The smallest absolute Gasteiger partial charge is 0.00669 e. The maximum absolute atomic E-state index is 2.32. The molecule has 0 nitrogen and oxygen atoms in total. The van der Waals surface area contributed by atoms with Crippen molar-refractivity contribution in [2.24, 2.45) is 0 Å². The Morgan fingerprint density at radius 2 is 1.09 bits per heavy atom. The molecule has 4 aromatic carbocycles. The van der Waals surface area contributed by atoms with E-state index >= 15 is 0 Å². The van der Waals surface area contributed by atoms with Crippen molar-refractivity contribution in [2.75, 3.05) is 0 Å². The third-order valence-corrected chi connectivity index (χ3v) is 4.90. The minimum atomic E-state index is 1.17. The summed E-state index contributed by atoms with van der Waals surface area (Å²) in [7, 11) is 0. The minimum Gasteiger partial charge on any atom is -0.0654 e. The summed E-state index contributed by atoms with van der Waals surface area (Å²) >= 11 is 0. The molecule has 0 aliphatic rings. The highest BCUT2D eigenvalue weighted by Crippen LogP contribution is 2.36. The first-order valence-corrected chi connectivity index (χ1v) is 8.71. The molecule has 0 saturated heterocycles. The maximum atomic E-state index is 2.32. The number of hydrogen-bond donors (Lipinski definition) is 0. The lowest BCUT2D eigenvalue weighted by molar-refractivity contribution is 0.720. The van der Waals surface area contributed by atoms with Gasteiger partial charge in [0.2, 0.25) is 0 Å². The van der Waals surface area contributed by atoms with Crippen molar-refractivity contribution in [1.82, 2.24) is 0 Å². The van der Waals surface area contributed by atoms with E-state index in [4.69, 9.17) is 0 Å². The highest BCUT2D eigenvalue weighted by atomic mass is 14.1. The Labute approximate surface area is 137 Å². The molecule has 0 saturated carbocycles. The van der Waals surface area contributed by atoms with Crippen molar-refractivity contribution in [2.45, 2.75) is 32.6 Å². The molecule has 4 aromatic rings. The number of hydrogen-bond acceptors (Lipinski definition) is 0. The Balaban J connectivity index is 2.10. The first-order valence-electron chi connectivity index (χ1n) is 8.71. The van der Waals surface area contributed by atoms with Crippen LogP contribution in [0.1, 0.15) is 31.7 Å². The van der Waals surface area contributed by atoms with Crippen LogP contribution in [0.5, 0.6) is 0 Å². The van der Waals surface area contributed by atoms with Crippen LogP contribution in [0.3, 0.4) is 0 Å². The third-order valence-electron chi connectivity index (χ3n) is 4.90. The Bertz CT molecular complexity index is 934. The van der Waals surface area contributed by atoms with Gasteiger partial charge in [0.25, 0.3) is 0 Å². The molecule has 0 aliphatic heterocycles. The van der Waals surface area contributed by atoms with Gasteiger partial charge >= 0.3 is 0 Å². The van der Waals surface area contributed by atoms with Crippen LogP contribution < -0.4 is 0 Å². The van der Waals surface area contributed by atoms with Crippen molar-refractivity contribution < 1.29 is 0 Å². The van der Waals surface area contributed by atoms with Crippen molar-refractivity contribution in [3.8, 4) is 0 Å². The van der Waals surface area contributed by atoms with Gasteiger partial charge in [0, 0.05) is 0 Å². The molecule has 0 amide bonds. The van der Waals surface area contributed by atoms with Crippen LogP contribution >= 0.6 is 0 Å². The highest BCUT2D eigenvalue weighted by Gasteiger charge is 2.10. The maximum Gasteiger partial charge on any atom is -0.00669 e. The van der Waals surface area contributed by atoms with E-state index in [2.05, 4.69) is 73.7 Å². The summed E-state index contributed by atoms with van der Waals surface area (Å²) in [6.07, 6.45) is 5.03. The quantitative estimate of drug-likeness (QED) is 0.284. The van der Waals surface area contributed by atoms with E-state index in [1.807, 2.05) is 0 Å². The van der Waals surface area contributed by atoms with Gasteiger partial charge in [-0.15, -0.1) is 0 Å². The van der Waals surface area contributed by atoms with Gasteiger partial charge in [0.15, 0.2) is 0 Å². The summed E-state index contributed by atoms with van der Waals surface area (Å²) in [6.45, 7) is 2.27. The number of unbranched alkanes of at least 4 members (excludes halogenated alkanes) is 2. The Morgan fingerprint density at radius 3 is 1.70 bits per heavy atom. The van der Waals surface area contributed by atoms with Gasteiger partial charge in [0.05, 0.1) is 0 Å². The Hall–Kier alpha value is -2.34. The van der Waals surface area contributed by atoms with E-state index in [1.165, 1.54) is 63.6 Å². The van der Waals surface area contributed by atoms with Crippen LogP contribution in [-0.4, -0.2) is 0 Å². The molecule has 0 unspecified atom stereocenters. The molecule has 114 valence electrons. The molecule has 0 N–H and O–H groups in total. The van der Waals surface area contributed by atoms with Crippen molar-refractivity contribution >= 4 is 32.3 Å². The lowest BCUT2D eigenvalue weighted by Crippen LogP contribution is -1.91. The second kappa shape index (κ2) is 6.04. The van der Waals surface area contributed by atoms with E-state index in [1.54, 1.807) is 0 Å². The fraction of sp³-hybridized carbons (Fsp3) is 0.217. The highest BCUT2D eigenvalue weighted by molar-refractivity contribution is 6.26. The summed E-state index contributed by atoms with van der Waals surface area (Å²) in [6, 6.07) is 24.5. The van der Waals surface area contributed by atoms with E-state index in [0.29, 0.717) is 0 Å². The summed E-state index contributed by atoms with van der Waals surface area (Å²) < 4.78 is 0. The fourth-order valence-electron chi connectivity index (χ4n) is 3.81. The summed E-state index contributed by atoms with van der Waals surface area (Å²) in [5, 5.41) is 8.36. The lowest BCUT2D eigenvalue weighted by atomic mass is 9.90. The number of fused-ring (bicyclic) bond motifs is 6. The predicted molar refractivity (Wildman–Crippen MR) is 102 cm³/mol. The molecular formula is C23H22. The molecule has 0 fully saturated rings. The van der Waals surface area contributed by atoms with Crippen LogP contribution in [0, 0.1) is 0 Å². The van der Waals surface area contributed by atoms with Gasteiger partial charge in [-0.05, 0) is 50.7 Å². The SMILES string of the molecule is CCCCCc1cccc2c3ccccc3c3ccccc3c12. The van der Waals surface area contributed by atoms with Gasteiger partial charge in [-0.1, -0.05) is 86.5 Å². The molecule has 0 aromatic heterocycles. The average molecular weight is 298 g/mol. The topological polar surface area (TPSA) is 0 Å². The summed E-state index contributed by atoms with van der Waals surface area (Å²) in [5.41, 5.74) is 1.50. The summed E-state index contributed by atoms with van der Waals surface area (Å²) in [5.74, 6) is 0. The molecule has 0 radical (unpaired) electrons. The van der Waals surface area contributed by atoms with E-state index < -0.39 is 0 Å². The molecule has 0 spiro atoms. The normalized spacial score (nSPS) is 11.5. The summed E-state index contributed by atoms with van der Waals surface area (Å²) in [4.78, 5) is 0. The van der Waals surface area contributed by atoms with Crippen LogP contribution in [0.2, 0.25) is 0 Å². The standard InChI is InChI=1S/C23H22/c1-2-3-4-10-17-11-9-16-22-20-13-6-5-12-18(20)19-14-7-8-15-21(19)23(17)22/h5-9,11-16H,2-4,10H2,1H3. The largest absolute Gasteiger partial charge is 0.0654 e. The van der Waals surface area contributed by atoms with Crippen molar-refractivity contribution in [3.05, 3.63) is 72.3 Å². The second-order valence-corrected chi connectivity index (χ2v) is 6.39. The molecule has 0 heterocycles. The number of aryl methyl sites for hydroxylation is 1. The van der Waals surface area contributed by atoms with Gasteiger partial charge in [-0.2, -0.15) is 0 Å². The van der Waals surface area contributed by atoms with Crippen LogP contribution in [-0.2, 0) is 6.42 Å². The first kappa shape index (κ1) is 14.3. The number of benzene rings is 4. The van der Waals surface area contributed by atoms with E-state index in [9.17, 15) is 0 Å². The van der Waals surface area contributed by atoms with Crippen LogP contribution in [0.15, 0.2) is 66.7 Å².